The first-order valence-corrected chi connectivity index (χ1v) is 12.2. The standard InChI is InChI=1S/C26H37N3O4S/c1-8-13-29(25(31)27-26(3,4)5)18-24(30)28(17-23-19(2)12-15-34-23)14-11-20-9-10-21(32-6)22(16-20)33-7/h8-10,12,15-16H,1,11,13-14,17-18H2,2-7H3,(H,27,31). The predicted molar refractivity (Wildman–Crippen MR) is 138 cm³/mol. The fourth-order valence-electron chi connectivity index (χ4n) is 3.37. The first-order chi connectivity index (χ1) is 16.1. The molecule has 7 nitrogen and oxygen atoms in total. The molecule has 2 aromatic rings. The van der Waals surface area contributed by atoms with Gasteiger partial charge in [0.1, 0.15) is 6.54 Å². The molecule has 0 unspecified atom stereocenters. The number of carbonyl (C=O) groups is 2. The third-order valence-corrected chi connectivity index (χ3v) is 6.23. The van der Waals surface area contributed by atoms with Crippen LogP contribution in [0.25, 0.3) is 0 Å². The van der Waals surface area contributed by atoms with E-state index in [1.165, 1.54) is 4.90 Å². The topological polar surface area (TPSA) is 71.1 Å². The minimum Gasteiger partial charge on any atom is -0.493 e. The van der Waals surface area contributed by atoms with Gasteiger partial charge in [-0.3, -0.25) is 4.79 Å². The summed E-state index contributed by atoms with van der Waals surface area (Å²) in [5.41, 5.74) is 1.79. The van der Waals surface area contributed by atoms with Crippen molar-refractivity contribution in [1.82, 2.24) is 15.1 Å². The summed E-state index contributed by atoms with van der Waals surface area (Å²) < 4.78 is 10.7. The number of amides is 3. The zero-order valence-electron chi connectivity index (χ0n) is 21.1. The van der Waals surface area contributed by atoms with Crippen LogP contribution in [0.3, 0.4) is 0 Å². The average Bonchev–Trinajstić information content (AvgIpc) is 3.18. The summed E-state index contributed by atoms with van der Waals surface area (Å²) in [4.78, 5) is 30.6. The quantitative estimate of drug-likeness (QED) is 0.469. The number of hydrogen-bond donors (Lipinski definition) is 1. The predicted octanol–water partition coefficient (Wildman–Crippen LogP) is 4.64. The Morgan fingerprint density at radius 3 is 2.38 bits per heavy atom. The lowest BCUT2D eigenvalue weighted by molar-refractivity contribution is -0.132. The molecule has 0 bridgehead atoms. The monoisotopic (exact) mass is 487 g/mol. The number of benzene rings is 1. The lowest BCUT2D eigenvalue weighted by Crippen LogP contribution is -2.51. The fraction of sp³-hybridized carbons (Fsp3) is 0.462. The van der Waals surface area contributed by atoms with Crippen molar-refractivity contribution in [3.8, 4) is 11.5 Å². The van der Waals surface area contributed by atoms with Gasteiger partial charge in [0.2, 0.25) is 5.91 Å². The van der Waals surface area contributed by atoms with E-state index < -0.39 is 5.54 Å². The summed E-state index contributed by atoms with van der Waals surface area (Å²) in [6.07, 6.45) is 2.28. The highest BCUT2D eigenvalue weighted by atomic mass is 32.1. The highest BCUT2D eigenvalue weighted by Crippen LogP contribution is 2.28. The van der Waals surface area contributed by atoms with Crippen LogP contribution >= 0.6 is 11.3 Å². The number of rotatable bonds is 11. The van der Waals surface area contributed by atoms with Gasteiger partial charge >= 0.3 is 6.03 Å². The van der Waals surface area contributed by atoms with Gasteiger partial charge in [-0.25, -0.2) is 4.79 Å². The second kappa shape index (κ2) is 12.5. The maximum absolute atomic E-state index is 13.4. The van der Waals surface area contributed by atoms with E-state index in [1.54, 1.807) is 31.6 Å². The molecule has 0 aliphatic carbocycles. The summed E-state index contributed by atoms with van der Waals surface area (Å²) in [5.74, 6) is 1.21. The van der Waals surface area contributed by atoms with Crippen LogP contribution in [0, 0.1) is 6.92 Å². The van der Waals surface area contributed by atoms with Gasteiger partial charge in [0, 0.05) is 23.5 Å². The second-order valence-electron chi connectivity index (χ2n) is 9.13. The third-order valence-electron chi connectivity index (χ3n) is 5.22. The SMILES string of the molecule is C=CCN(CC(=O)N(CCc1ccc(OC)c(OC)c1)Cc1sccc1C)C(=O)NC(C)(C)C. The Kier molecular flexibility index (Phi) is 9.98. The normalized spacial score (nSPS) is 11.0. The molecule has 8 heteroatoms. The number of carbonyl (C=O) groups excluding carboxylic acids is 2. The zero-order chi connectivity index (χ0) is 25.3. The molecule has 186 valence electrons. The van der Waals surface area contributed by atoms with Crippen molar-refractivity contribution in [1.29, 1.82) is 0 Å². The maximum atomic E-state index is 13.4. The van der Waals surface area contributed by atoms with Crippen molar-refractivity contribution in [3.63, 3.8) is 0 Å². The molecule has 1 aromatic carbocycles. The summed E-state index contributed by atoms with van der Waals surface area (Å²) in [6, 6.07) is 7.54. The van der Waals surface area contributed by atoms with Crippen molar-refractivity contribution in [2.45, 2.75) is 46.2 Å². The van der Waals surface area contributed by atoms with Gasteiger partial charge in [-0.05, 0) is 68.8 Å². The van der Waals surface area contributed by atoms with E-state index in [4.69, 9.17) is 9.47 Å². The number of hydrogen-bond acceptors (Lipinski definition) is 5. The third kappa shape index (κ3) is 8.09. The molecule has 0 aliphatic heterocycles. The summed E-state index contributed by atoms with van der Waals surface area (Å²) in [7, 11) is 3.21. The van der Waals surface area contributed by atoms with E-state index in [-0.39, 0.29) is 25.0 Å². The van der Waals surface area contributed by atoms with Crippen LogP contribution in [-0.2, 0) is 17.8 Å². The Balaban J connectivity index is 2.20. The molecule has 0 atom stereocenters. The minimum atomic E-state index is -0.402. The molecule has 0 aliphatic rings. The Morgan fingerprint density at radius 2 is 1.82 bits per heavy atom. The zero-order valence-corrected chi connectivity index (χ0v) is 22.0. The number of methoxy groups -OCH3 is 2. The first-order valence-electron chi connectivity index (χ1n) is 11.3. The van der Waals surface area contributed by atoms with Crippen LogP contribution in [-0.4, -0.2) is 61.1 Å². The van der Waals surface area contributed by atoms with Crippen molar-refractivity contribution in [3.05, 3.63) is 58.3 Å². The number of nitrogens with one attached hydrogen (secondary N) is 1. The number of aryl methyl sites for hydroxylation is 1. The van der Waals surface area contributed by atoms with Gasteiger partial charge in [-0.1, -0.05) is 12.1 Å². The van der Waals surface area contributed by atoms with Crippen molar-refractivity contribution >= 4 is 23.3 Å². The van der Waals surface area contributed by atoms with Gasteiger partial charge in [-0.15, -0.1) is 17.9 Å². The Morgan fingerprint density at radius 1 is 1.12 bits per heavy atom. The van der Waals surface area contributed by atoms with E-state index in [9.17, 15) is 9.59 Å². The molecule has 0 saturated carbocycles. The summed E-state index contributed by atoms with van der Waals surface area (Å²) >= 11 is 1.63. The number of thiophene rings is 1. The van der Waals surface area contributed by atoms with Crippen molar-refractivity contribution in [2.24, 2.45) is 0 Å². The molecule has 1 N–H and O–H groups in total. The van der Waals surface area contributed by atoms with Crippen LogP contribution in [0.4, 0.5) is 4.79 Å². The smallest absolute Gasteiger partial charge is 0.318 e. The van der Waals surface area contributed by atoms with Gasteiger partial charge in [0.15, 0.2) is 11.5 Å². The molecule has 1 heterocycles. The summed E-state index contributed by atoms with van der Waals surface area (Å²) in [5, 5.41) is 4.96. The highest BCUT2D eigenvalue weighted by molar-refractivity contribution is 7.10. The molecule has 3 amide bonds. The van der Waals surface area contributed by atoms with Crippen molar-refractivity contribution < 1.29 is 19.1 Å². The molecule has 0 radical (unpaired) electrons. The molecule has 1 aromatic heterocycles. The van der Waals surface area contributed by atoms with Gasteiger partial charge < -0.3 is 24.6 Å². The minimum absolute atomic E-state index is 0.0235. The van der Waals surface area contributed by atoms with Gasteiger partial charge in [0.05, 0.1) is 20.8 Å². The van der Waals surface area contributed by atoms with Crippen LogP contribution in [0.5, 0.6) is 11.5 Å². The Hall–Kier alpha value is -3.00. The molecule has 34 heavy (non-hydrogen) atoms. The summed E-state index contributed by atoms with van der Waals surface area (Å²) in [6.45, 7) is 12.8. The fourth-order valence-corrected chi connectivity index (χ4v) is 4.29. The van der Waals surface area contributed by atoms with E-state index in [0.717, 1.165) is 16.0 Å². The second-order valence-corrected chi connectivity index (χ2v) is 10.1. The molecular formula is C26H37N3O4S. The molecule has 0 fully saturated rings. The Bertz CT molecular complexity index is 981. The van der Waals surface area contributed by atoms with Crippen LogP contribution in [0.1, 0.15) is 36.8 Å². The highest BCUT2D eigenvalue weighted by Gasteiger charge is 2.24. The van der Waals surface area contributed by atoms with Crippen molar-refractivity contribution in [2.75, 3.05) is 33.9 Å². The van der Waals surface area contributed by atoms with Gasteiger partial charge in [-0.2, -0.15) is 0 Å². The number of urea groups is 1. The Labute approximate surface area is 207 Å². The molecule has 0 saturated heterocycles. The van der Waals surface area contributed by atoms with E-state index in [0.29, 0.717) is 31.0 Å². The molecular weight excluding hydrogens is 450 g/mol. The first kappa shape index (κ1) is 27.2. The number of nitrogens with zero attached hydrogens (tertiary/aromatic N) is 2. The van der Waals surface area contributed by atoms with E-state index in [1.807, 2.05) is 56.2 Å². The van der Waals surface area contributed by atoms with E-state index >= 15 is 0 Å². The molecule has 0 spiro atoms. The maximum Gasteiger partial charge on any atom is 0.318 e. The lowest BCUT2D eigenvalue weighted by Gasteiger charge is -2.30. The van der Waals surface area contributed by atoms with E-state index in [2.05, 4.69) is 18.0 Å². The molecule has 2 rings (SSSR count). The number of ether oxygens (including phenoxy) is 2. The lowest BCUT2D eigenvalue weighted by atomic mass is 10.1. The largest absolute Gasteiger partial charge is 0.493 e. The van der Waals surface area contributed by atoms with Gasteiger partial charge in [0.25, 0.3) is 0 Å². The van der Waals surface area contributed by atoms with Crippen LogP contribution in [0.15, 0.2) is 42.3 Å². The average molecular weight is 488 g/mol. The van der Waals surface area contributed by atoms with Crippen LogP contribution < -0.4 is 14.8 Å². The van der Waals surface area contributed by atoms with Crippen LogP contribution in [0.2, 0.25) is 0 Å².